The van der Waals surface area contributed by atoms with E-state index in [1.807, 2.05) is 0 Å². The molecule has 0 radical (unpaired) electrons. The van der Waals surface area contributed by atoms with E-state index in [9.17, 15) is 13.6 Å². The van der Waals surface area contributed by atoms with Crippen LogP contribution in [-0.4, -0.2) is 19.2 Å². The molecule has 4 nitrogen and oxygen atoms in total. The number of hydrogen-bond donors (Lipinski definition) is 0. The summed E-state index contributed by atoms with van der Waals surface area (Å²) < 4.78 is 34.0. The van der Waals surface area contributed by atoms with E-state index in [2.05, 4.69) is 4.74 Å². The highest BCUT2D eigenvalue weighted by Gasteiger charge is 2.22. The van der Waals surface area contributed by atoms with Crippen LogP contribution in [0.15, 0.2) is 12.1 Å². The van der Waals surface area contributed by atoms with E-state index in [0.29, 0.717) is 3.57 Å². The Morgan fingerprint density at radius 2 is 2.22 bits per heavy atom. The zero-order valence-electron chi connectivity index (χ0n) is 9.25. The van der Waals surface area contributed by atoms with Gasteiger partial charge in [-0.25, -0.2) is 4.79 Å². The number of rotatable bonds is 4. The summed E-state index contributed by atoms with van der Waals surface area (Å²) in [5.41, 5.74) is -0.296. The van der Waals surface area contributed by atoms with Crippen molar-refractivity contribution in [3.05, 3.63) is 26.8 Å². The third kappa shape index (κ3) is 3.29. The quantitative estimate of drug-likeness (QED) is 0.607. The van der Waals surface area contributed by atoms with Crippen molar-refractivity contribution in [3.8, 4) is 11.8 Å². The lowest BCUT2D eigenvalue weighted by molar-refractivity contribution is -0.0506. The standard InChI is InChI=1S/C11H8F2INO3/c1-2-17-10(16)6-3-4-8(14)7(5-15)9(6)18-11(12)13/h3-4,11H,2H2,1H3. The zero-order chi connectivity index (χ0) is 13.7. The van der Waals surface area contributed by atoms with Crippen molar-refractivity contribution in [1.29, 1.82) is 5.26 Å². The fourth-order valence-electron chi connectivity index (χ4n) is 1.24. The molecule has 0 atom stereocenters. The summed E-state index contributed by atoms with van der Waals surface area (Å²) >= 11 is 1.79. The first-order chi connectivity index (χ1) is 8.51. The maximum atomic E-state index is 12.3. The Morgan fingerprint density at radius 1 is 1.56 bits per heavy atom. The van der Waals surface area contributed by atoms with Gasteiger partial charge in [0.2, 0.25) is 0 Å². The van der Waals surface area contributed by atoms with E-state index >= 15 is 0 Å². The van der Waals surface area contributed by atoms with Gasteiger partial charge in [-0.15, -0.1) is 0 Å². The number of hydrogen-bond acceptors (Lipinski definition) is 4. The Balaban J connectivity index is 3.33. The second-order valence-electron chi connectivity index (χ2n) is 3.01. The molecule has 7 heteroatoms. The SMILES string of the molecule is CCOC(=O)c1ccc(I)c(C#N)c1OC(F)F. The lowest BCUT2D eigenvalue weighted by Gasteiger charge is -2.12. The molecule has 18 heavy (non-hydrogen) atoms. The van der Waals surface area contributed by atoms with Crippen LogP contribution in [0, 0.1) is 14.9 Å². The fraction of sp³-hybridized carbons (Fsp3) is 0.273. The summed E-state index contributed by atoms with van der Waals surface area (Å²) in [5.74, 6) is -1.25. The number of nitrogens with zero attached hydrogens (tertiary/aromatic N) is 1. The maximum absolute atomic E-state index is 12.3. The molecule has 0 N–H and O–H groups in total. The molecular weight excluding hydrogens is 359 g/mol. The third-order valence-electron chi connectivity index (χ3n) is 1.92. The summed E-state index contributed by atoms with van der Waals surface area (Å²) in [5, 5.41) is 8.92. The van der Waals surface area contributed by atoms with Crippen molar-refractivity contribution in [1.82, 2.24) is 0 Å². The largest absolute Gasteiger partial charge is 0.462 e. The van der Waals surface area contributed by atoms with Crippen LogP contribution >= 0.6 is 22.6 Å². The number of esters is 1. The van der Waals surface area contributed by atoms with E-state index in [1.54, 1.807) is 35.6 Å². The lowest BCUT2D eigenvalue weighted by Crippen LogP contribution is -2.12. The third-order valence-corrected chi connectivity index (χ3v) is 2.82. The highest BCUT2D eigenvalue weighted by Crippen LogP contribution is 2.30. The van der Waals surface area contributed by atoms with Crippen molar-refractivity contribution in [2.45, 2.75) is 13.5 Å². The molecule has 1 rings (SSSR count). The predicted molar refractivity (Wildman–Crippen MR) is 66.5 cm³/mol. The number of carbonyl (C=O) groups is 1. The monoisotopic (exact) mass is 367 g/mol. The van der Waals surface area contributed by atoms with Crippen molar-refractivity contribution >= 4 is 28.6 Å². The van der Waals surface area contributed by atoms with Gasteiger partial charge in [0.15, 0.2) is 5.75 Å². The van der Waals surface area contributed by atoms with Crippen LogP contribution in [-0.2, 0) is 4.74 Å². The average Bonchev–Trinajstić information content (AvgIpc) is 2.29. The van der Waals surface area contributed by atoms with Crippen molar-refractivity contribution < 1.29 is 23.0 Å². The van der Waals surface area contributed by atoms with Crippen LogP contribution in [0.1, 0.15) is 22.8 Å². The van der Waals surface area contributed by atoms with E-state index in [-0.39, 0.29) is 17.7 Å². The van der Waals surface area contributed by atoms with Gasteiger partial charge < -0.3 is 9.47 Å². The molecule has 1 aromatic carbocycles. The number of nitriles is 1. The Kier molecular flexibility index (Phi) is 5.27. The van der Waals surface area contributed by atoms with Gasteiger partial charge in [-0.1, -0.05) is 0 Å². The van der Waals surface area contributed by atoms with Gasteiger partial charge in [0.05, 0.1) is 6.61 Å². The first-order valence-electron chi connectivity index (χ1n) is 4.85. The van der Waals surface area contributed by atoms with E-state index in [0.717, 1.165) is 0 Å². The van der Waals surface area contributed by atoms with Crippen molar-refractivity contribution in [3.63, 3.8) is 0 Å². The Morgan fingerprint density at radius 3 is 2.72 bits per heavy atom. The first-order valence-corrected chi connectivity index (χ1v) is 5.93. The maximum Gasteiger partial charge on any atom is 0.387 e. The Bertz CT molecular complexity index is 500. The normalized spacial score (nSPS) is 10.0. The summed E-state index contributed by atoms with van der Waals surface area (Å²) in [6.45, 7) is -1.44. The summed E-state index contributed by atoms with van der Waals surface area (Å²) in [7, 11) is 0. The van der Waals surface area contributed by atoms with E-state index in [4.69, 9.17) is 10.00 Å². The second kappa shape index (κ2) is 6.49. The molecule has 0 spiro atoms. The van der Waals surface area contributed by atoms with Gasteiger partial charge in [-0.3, -0.25) is 0 Å². The van der Waals surface area contributed by atoms with E-state index < -0.39 is 18.3 Å². The number of alkyl halides is 2. The highest BCUT2D eigenvalue weighted by atomic mass is 127. The molecule has 0 amide bonds. The smallest absolute Gasteiger partial charge is 0.387 e. The number of ether oxygens (including phenoxy) is 2. The van der Waals surface area contributed by atoms with Crippen LogP contribution in [0.2, 0.25) is 0 Å². The van der Waals surface area contributed by atoms with Crippen molar-refractivity contribution in [2.24, 2.45) is 0 Å². The van der Waals surface area contributed by atoms with Gasteiger partial charge in [0, 0.05) is 3.57 Å². The second-order valence-corrected chi connectivity index (χ2v) is 4.17. The minimum absolute atomic E-state index is 0.0980. The molecule has 0 saturated carbocycles. The Labute approximate surface area is 116 Å². The molecule has 0 fully saturated rings. The molecule has 0 bridgehead atoms. The molecule has 0 aliphatic carbocycles. The van der Waals surface area contributed by atoms with Crippen LogP contribution in [0.4, 0.5) is 8.78 Å². The number of carbonyl (C=O) groups excluding carboxylic acids is 1. The van der Waals surface area contributed by atoms with Crippen LogP contribution in [0.25, 0.3) is 0 Å². The molecule has 0 aliphatic heterocycles. The van der Waals surface area contributed by atoms with Gasteiger partial charge in [-0.2, -0.15) is 14.0 Å². The van der Waals surface area contributed by atoms with E-state index in [1.165, 1.54) is 12.1 Å². The molecule has 0 unspecified atom stereocenters. The molecule has 0 aliphatic rings. The summed E-state index contributed by atoms with van der Waals surface area (Å²) in [6.07, 6.45) is 0. The Hall–Kier alpha value is -1.43. The van der Waals surface area contributed by atoms with Crippen molar-refractivity contribution in [2.75, 3.05) is 6.61 Å². The molecule has 1 aromatic rings. The van der Waals surface area contributed by atoms with Gasteiger partial charge in [0.1, 0.15) is 17.2 Å². The zero-order valence-corrected chi connectivity index (χ0v) is 11.4. The lowest BCUT2D eigenvalue weighted by atomic mass is 10.1. The highest BCUT2D eigenvalue weighted by molar-refractivity contribution is 14.1. The minimum Gasteiger partial charge on any atom is -0.462 e. The fourth-order valence-corrected chi connectivity index (χ4v) is 1.79. The molecular formula is C11H8F2INO3. The van der Waals surface area contributed by atoms with Crippen LogP contribution in [0.5, 0.6) is 5.75 Å². The number of benzene rings is 1. The van der Waals surface area contributed by atoms with Crippen LogP contribution in [0.3, 0.4) is 0 Å². The number of halogens is 3. The first kappa shape index (κ1) is 14.6. The predicted octanol–water partition coefficient (Wildman–Crippen LogP) is 2.94. The van der Waals surface area contributed by atoms with Gasteiger partial charge >= 0.3 is 12.6 Å². The van der Waals surface area contributed by atoms with Gasteiger partial charge in [0.25, 0.3) is 0 Å². The molecule has 0 aromatic heterocycles. The summed E-state index contributed by atoms with van der Waals surface area (Å²) in [4.78, 5) is 11.6. The summed E-state index contributed by atoms with van der Waals surface area (Å²) in [6, 6.07) is 4.48. The van der Waals surface area contributed by atoms with Crippen LogP contribution < -0.4 is 4.74 Å². The molecule has 96 valence electrons. The average molecular weight is 367 g/mol. The minimum atomic E-state index is -3.12. The molecule has 0 saturated heterocycles. The topological polar surface area (TPSA) is 59.3 Å². The van der Waals surface area contributed by atoms with Gasteiger partial charge in [-0.05, 0) is 41.6 Å². The molecule has 0 heterocycles.